The Morgan fingerprint density at radius 2 is 2.00 bits per heavy atom. The molecule has 0 aliphatic rings. The van der Waals surface area contributed by atoms with Gasteiger partial charge in [0, 0.05) is 5.02 Å². The van der Waals surface area contributed by atoms with Crippen molar-refractivity contribution in [3.63, 3.8) is 0 Å². The maximum atomic E-state index is 5.77. The van der Waals surface area contributed by atoms with Gasteiger partial charge >= 0.3 is 0 Å². The van der Waals surface area contributed by atoms with Crippen LogP contribution in [0.2, 0.25) is 5.02 Å². The molecule has 0 aromatic heterocycles. The van der Waals surface area contributed by atoms with E-state index in [1.54, 1.807) is 5.37 Å². The fourth-order valence-electron chi connectivity index (χ4n) is 1.07. The number of hydrogen-bond acceptors (Lipinski definition) is 1. The zero-order chi connectivity index (χ0) is 8.97. The molecular weight excluding hydrogens is 188 g/mol. The second-order valence-corrected chi connectivity index (χ2v) is 3.62. The highest BCUT2D eigenvalue weighted by atomic mass is 35.5. The molecule has 0 amide bonds. The molecule has 1 unspecified atom stereocenters. The predicted molar refractivity (Wildman–Crippen MR) is 58.1 cm³/mol. The predicted octanol–water partition coefficient (Wildman–Crippen LogP) is 3.83. The van der Waals surface area contributed by atoms with Gasteiger partial charge in [0.1, 0.15) is 0 Å². The Labute approximate surface area is 83.6 Å². The van der Waals surface area contributed by atoms with Crippen LogP contribution in [0.25, 0.3) is 0 Å². The molecule has 0 radical (unpaired) electrons. The second-order valence-electron chi connectivity index (χ2n) is 2.85. The summed E-state index contributed by atoms with van der Waals surface area (Å²) in [7, 11) is 0. The lowest BCUT2D eigenvalue weighted by atomic mass is 9.99. The van der Waals surface area contributed by atoms with E-state index in [1.165, 1.54) is 5.56 Å². The summed E-state index contributed by atoms with van der Waals surface area (Å²) in [5.41, 5.74) is 1.29. The highest BCUT2D eigenvalue weighted by Gasteiger charge is 2.02. The molecule has 12 heavy (non-hydrogen) atoms. The lowest BCUT2D eigenvalue weighted by Gasteiger charge is -2.07. The summed E-state index contributed by atoms with van der Waals surface area (Å²) >= 11 is 10.6. The number of benzene rings is 1. The molecule has 1 atom stereocenters. The van der Waals surface area contributed by atoms with Gasteiger partial charge in [0.05, 0.1) is 0 Å². The van der Waals surface area contributed by atoms with Crippen LogP contribution >= 0.6 is 23.8 Å². The Kier molecular flexibility index (Phi) is 3.70. The van der Waals surface area contributed by atoms with Crippen molar-refractivity contribution in [2.75, 3.05) is 0 Å². The van der Waals surface area contributed by atoms with Gasteiger partial charge in [-0.2, -0.15) is 0 Å². The Balaban J connectivity index is 2.74. The van der Waals surface area contributed by atoms with Gasteiger partial charge in [0.2, 0.25) is 0 Å². The first-order valence-electron chi connectivity index (χ1n) is 3.93. The average Bonchev–Trinajstić information content (AvgIpc) is 2.06. The van der Waals surface area contributed by atoms with Crippen LogP contribution < -0.4 is 0 Å². The van der Waals surface area contributed by atoms with E-state index >= 15 is 0 Å². The quantitative estimate of drug-likeness (QED) is 0.666. The SMILES string of the molecule is CC(CC=S)c1ccc(Cl)cc1. The maximum Gasteiger partial charge on any atom is 0.0406 e. The summed E-state index contributed by atoms with van der Waals surface area (Å²) in [6.45, 7) is 2.16. The molecule has 0 spiro atoms. The van der Waals surface area contributed by atoms with E-state index < -0.39 is 0 Å². The van der Waals surface area contributed by atoms with E-state index in [0.29, 0.717) is 5.92 Å². The normalized spacial score (nSPS) is 12.5. The first-order chi connectivity index (χ1) is 5.74. The van der Waals surface area contributed by atoms with Gasteiger partial charge in [-0.1, -0.05) is 42.9 Å². The van der Waals surface area contributed by atoms with Crippen LogP contribution in [0, 0.1) is 0 Å². The first-order valence-corrected chi connectivity index (χ1v) is 4.78. The third kappa shape index (κ3) is 2.58. The molecule has 0 heterocycles. The zero-order valence-electron chi connectivity index (χ0n) is 6.96. The van der Waals surface area contributed by atoms with E-state index in [1.807, 2.05) is 24.3 Å². The number of halogens is 1. The van der Waals surface area contributed by atoms with Gasteiger partial charge in [0.25, 0.3) is 0 Å². The molecule has 0 fully saturated rings. The number of thiocarbonyl (C=S) groups is 1. The third-order valence-corrected chi connectivity index (χ3v) is 2.33. The fraction of sp³-hybridized carbons (Fsp3) is 0.300. The first kappa shape index (κ1) is 9.69. The topological polar surface area (TPSA) is 0 Å². The van der Waals surface area contributed by atoms with Crippen molar-refractivity contribution in [1.29, 1.82) is 0 Å². The molecule has 1 aromatic carbocycles. The molecule has 1 rings (SSSR count). The van der Waals surface area contributed by atoms with Crippen LogP contribution in [0.3, 0.4) is 0 Å². The fourth-order valence-corrected chi connectivity index (χ4v) is 1.49. The number of rotatable bonds is 3. The molecular formula is C10H11ClS. The van der Waals surface area contributed by atoms with Gasteiger partial charge in [-0.15, -0.1) is 0 Å². The summed E-state index contributed by atoms with van der Waals surface area (Å²) in [5, 5.41) is 2.56. The lowest BCUT2D eigenvalue weighted by Crippen LogP contribution is -1.92. The summed E-state index contributed by atoms with van der Waals surface area (Å²) < 4.78 is 0. The largest absolute Gasteiger partial charge is 0.0935 e. The van der Waals surface area contributed by atoms with Crippen LogP contribution in [-0.2, 0) is 0 Å². The molecule has 0 aliphatic carbocycles. The standard InChI is InChI=1S/C10H11ClS/c1-8(6-7-12)9-2-4-10(11)5-3-9/h2-5,7-8H,6H2,1H3. The molecule has 0 aliphatic heterocycles. The van der Waals surface area contributed by atoms with E-state index in [4.69, 9.17) is 23.8 Å². The smallest absolute Gasteiger partial charge is 0.0406 e. The Morgan fingerprint density at radius 1 is 1.42 bits per heavy atom. The van der Waals surface area contributed by atoms with E-state index in [9.17, 15) is 0 Å². The van der Waals surface area contributed by atoms with E-state index in [2.05, 4.69) is 6.92 Å². The molecule has 2 heteroatoms. The summed E-state index contributed by atoms with van der Waals surface area (Å²) in [4.78, 5) is 0. The lowest BCUT2D eigenvalue weighted by molar-refractivity contribution is 0.818. The van der Waals surface area contributed by atoms with Crippen LogP contribution in [-0.4, -0.2) is 5.37 Å². The summed E-state index contributed by atoms with van der Waals surface area (Å²) in [6, 6.07) is 7.92. The Morgan fingerprint density at radius 3 is 2.50 bits per heavy atom. The van der Waals surface area contributed by atoms with Crippen LogP contribution in [0.5, 0.6) is 0 Å². The monoisotopic (exact) mass is 198 g/mol. The van der Waals surface area contributed by atoms with Crippen LogP contribution in [0.1, 0.15) is 24.8 Å². The minimum Gasteiger partial charge on any atom is -0.0935 e. The molecule has 0 saturated carbocycles. The van der Waals surface area contributed by atoms with Gasteiger partial charge in [-0.05, 0) is 35.4 Å². The molecule has 0 saturated heterocycles. The van der Waals surface area contributed by atoms with Crippen molar-refractivity contribution in [2.45, 2.75) is 19.3 Å². The Bertz CT molecular complexity index is 253. The van der Waals surface area contributed by atoms with E-state index in [-0.39, 0.29) is 0 Å². The van der Waals surface area contributed by atoms with Crippen LogP contribution in [0.15, 0.2) is 24.3 Å². The minimum absolute atomic E-state index is 0.500. The third-order valence-electron chi connectivity index (χ3n) is 1.89. The molecule has 1 aromatic rings. The number of hydrogen-bond donors (Lipinski definition) is 0. The van der Waals surface area contributed by atoms with Crippen molar-refractivity contribution in [1.82, 2.24) is 0 Å². The average molecular weight is 199 g/mol. The van der Waals surface area contributed by atoms with Gasteiger partial charge in [-0.3, -0.25) is 0 Å². The zero-order valence-corrected chi connectivity index (χ0v) is 8.53. The molecule has 0 bridgehead atoms. The van der Waals surface area contributed by atoms with Crippen molar-refractivity contribution in [3.05, 3.63) is 34.9 Å². The minimum atomic E-state index is 0.500. The summed E-state index contributed by atoms with van der Waals surface area (Å²) in [5.74, 6) is 0.500. The van der Waals surface area contributed by atoms with Gasteiger partial charge in [0.15, 0.2) is 0 Å². The Hall–Kier alpha value is -0.400. The van der Waals surface area contributed by atoms with Crippen molar-refractivity contribution in [3.8, 4) is 0 Å². The van der Waals surface area contributed by atoms with Crippen molar-refractivity contribution in [2.24, 2.45) is 0 Å². The van der Waals surface area contributed by atoms with Crippen molar-refractivity contribution >= 4 is 29.2 Å². The van der Waals surface area contributed by atoms with Gasteiger partial charge in [-0.25, -0.2) is 0 Å². The van der Waals surface area contributed by atoms with Crippen molar-refractivity contribution < 1.29 is 0 Å². The molecule has 0 nitrogen and oxygen atoms in total. The second kappa shape index (κ2) is 4.58. The van der Waals surface area contributed by atoms with Gasteiger partial charge < -0.3 is 0 Å². The summed E-state index contributed by atoms with van der Waals surface area (Å²) in [6.07, 6.45) is 0.941. The highest BCUT2D eigenvalue weighted by Crippen LogP contribution is 2.19. The molecule has 64 valence electrons. The van der Waals surface area contributed by atoms with E-state index in [0.717, 1.165) is 11.4 Å². The highest BCUT2D eigenvalue weighted by molar-refractivity contribution is 7.78. The molecule has 0 N–H and O–H groups in total. The van der Waals surface area contributed by atoms with Crippen LogP contribution in [0.4, 0.5) is 0 Å². The maximum absolute atomic E-state index is 5.77.